The number of carbonyl (C=O) groups is 1. The Morgan fingerprint density at radius 2 is 2.17 bits per heavy atom. The summed E-state index contributed by atoms with van der Waals surface area (Å²) in [7, 11) is 0. The van der Waals surface area contributed by atoms with Crippen molar-refractivity contribution in [3.05, 3.63) is 40.1 Å². The summed E-state index contributed by atoms with van der Waals surface area (Å²) >= 11 is 1.25. The van der Waals surface area contributed by atoms with Crippen LogP contribution in [0.4, 0.5) is 0 Å². The molecular weight excluding hydrogens is 248 g/mol. The molecule has 0 aliphatic carbocycles. The molecule has 1 aromatic heterocycles. The Hall–Kier alpha value is -1.81. The van der Waals surface area contributed by atoms with Gasteiger partial charge in [0.05, 0.1) is 6.61 Å². The number of carboxylic acid groups (broad SMARTS) is 1. The van der Waals surface area contributed by atoms with Gasteiger partial charge in [-0.1, -0.05) is 18.2 Å². The highest BCUT2D eigenvalue weighted by Crippen LogP contribution is 2.39. The Balaban J connectivity index is 2.17. The smallest absolute Gasteiger partial charge is 0.346 e. The number of benzene rings is 1. The topological polar surface area (TPSA) is 46.5 Å². The maximum atomic E-state index is 11.2. The number of aromatic carboxylic acids is 1. The van der Waals surface area contributed by atoms with E-state index in [4.69, 9.17) is 4.74 Å². The lowest BCUT2D eigenvalue weighted by Gasteiger charge is -2.20. The molecule has 0 atom stereocenters. The Morgan fingerprint density at radius 1 is 1.28 bits per heavy atom. The maximum Gasteiger partial charge on any atom is 0.346 e. The molecule has 2 heterocycles. The van der Waals surface area contributed by atoms with Crippen molar-refractivity contribution in [3.63, 3.8) is 0 Å². The lowest BCUT2D eigenvalue weighted by molar-refractivity contribution is 0.0703. The predicted molar refractivity (Wildman–Crippen MR) is 70.5 cm³/mol. The van der Waals surface area contributed by atoms with E-state index in [1.54, 1.807) is 5.38 Å². The van der Waals surface area contributed by atoms with Gasteiger partial charge in [-0.3, -0.25) is 0 Å². The molecule has 4 heteroatoms. The first-order chi connectivity index (χ1) is 8.77. The van der Waals surface area contributed by atoms with E-state index in [2.05, 4.69) is 0 Å². The van der Waals surface area contributed by atoms with Gasteiger partial charge in [0, 0.05) is 11.1 Å². The maximum absolute atomic E-state index is 11.2. The highest BCUT2D eigenvalue weighted by molar-refractivity contribution is 7.12. The summed E-state index contributed by atoms with van der Waals surface area (Å²) in [5.41, 5.74) is 2.82. The van der Waals surface area contributed by atoms with E-state index in [9.17, 15) is 9.90 Å². The molecule has 0 spiro atoms. The predicted octanol–water partition coefficient (Wildman–Crippen LogP) is 3.44. The molecule has 0 bridgehead atoms. The minimum atomic E-state index is -0.881. The fourth-order valence-electron chi connectivity index (χ4n) is 2.29. The first-order valence-electron chi connectivity index (χ1n) is 5.83. The molecule has 0 amide bonds. The summed E-state index contributed by atoms with van der Waals surface area (Å²) in [6.45, 7) is 0.705. The van der Waals surface area contributed by atoms with Crippen LogP contribution in [0.3, 0.4) is 0 Å². The lowest BCUT2D eigenvalue weighted by Crippen LogP contribution is -2.09. The summed E-state index contributed by atoms with van der Waals surface area (Å²) in [5.74, 6) is -0.0296. The van der Waals surface area contributed by atoms with Crippen LogP contribution in [0.25, 0.3) is 11.1 Å². The van der Waals surface area contributed by atoms with Crippen molar-refractivity contribution in [3.8, 4) is 16.9 Å². The highest BCUT2D eigenvalue weighted by atomic mass is 32.1. The van der Waals surface area contributed by atoms with Crippen LogP contribution in [0.1, 0.15) is 21.7 Å². The first-order valence-corrected chi connectivity index (χ1v) is 6.71. The molecule has 0 saturated carbocycles. The highest BCUT2D eigenvalue weighted by Gasteiger charge is 2.20. The van der Waals surface area contributed by atoms with Crippen molar-refractivity contribution >= 4 is 17.3 Å². The minimum absolute atomic E-state index is 0.373. The van der Waals surface area contributed by atoms with Crippen LogP contribution >= 0.6 is 11.3 Å². The van der Waals surface area contributed by atoms with E-state index in [1.807, 2.05) is 24.3 Å². The Labute approximate surface area is 109 Å². The zero-order valence-electron chi connectivity index (χ0n) is 9.68. The SMILES string of the molecule is O=C(O)c1sccc1-c1cccc2c1OCCC2. The monoisotopic (exact) mass is 260 g/mol. The second-order valence-corrected chi connectivity index (χ2v) is 5.13. The minimum Gasteiger partial charge on any atom is -0.493 e. The molecule has 0 fully saturated rings. The number of carboxylic acids is 1. The molecule has 0 unspecified atom stereocenters. The number of hydrogen-bond acceptors (Lipinski definition) is 3. The molecule has 3 rings (SSSR count). The zero-order valence-corrected chi connectivity index (χ0v) is 10.5. The standard InChI is InChI=1S/C14H12O3S/c15-14(16)13-11(6-8-18-13)10-5-1-3-9-4-2-7-17-12(9)10/h1,3,5-6,8H,2,4,7H2,(H,15,16). The molecule has 0 saturated heterocycles. The molecule has 0 radical (unpaired) electrons. The largest absolute Gasteiger partial charge is 0.493 e. The number of aryl methyl sites for hydroxylation is 1. The van der Waals surface area contributed by atoms with E-state index < -0.39 is 5.97 Å². The molecule has 92 valence electrons. The van der Waals surface area contributed by atoms with Crippen molar-refractivity contribution < 1.29 is 14.6 Å². The third-order valence-corrected chi connectivity index (χ3v) is 3.99. The van der Waals surface area contributed by atoms with Crippen molar-refractivity contribution in [2.75, 3.05) is 6.61 Å². The summed E-state index contributed by atoms with van der Waals surface area (Å²) in [4.78, 5) is 11.6. The van der Waals surface area contributed by atoms with Crippen molar-refractivity contribution in [1.82, 2.24) is 0 Å². The summed E-state index contributed by atoms with van der Waals surface area (Å²) in [6, 6.07) is 7.79. The normalized spacial score (nSPS) is 13.8. The van der Waals surface area contributed by atoms with Crippen molar-refractivity contribution in [2.45, 2.75) is 12.8 Å². The van der Waals surface area contributed by atoms with Crippen LogP contribution in [0.15, 0.2) is 29.6 Å². The number of hydrogen-bond donors (Lipinski definition) is 1. The molecule has 18 heavy (non-hydrogen) atoms. The lowest BCUT2D eigenvalue weighted by atomic mass is 9.98. The van der Waals surface area contributed by atoms with Crippen LogP contribution in [0.5, 0.6) is 5.75 Å². The fourth-order valence-corrected chi connectivity index (χ4v) is 3.03. The van der Waals surface area contributed by atoms with Gasteiger partial charge >= 0.3 is 5.97 Å². The van der Waals surface area contributed by atoms with Crippen LogP contribution < -0.4 is 4.74 Å². The third-order valence-electron chi connectivity index (χ3n) is 3.08. The van der Waals surface area contributed by atoms with Gasteiger partial charge in [-0.2, -0.15) is 0 Å². The fraction of sp³-hybridized carbons (Fsp3) is 0.214. The van der Waals surface area contributed by atoms with Gasteiger partial charge < -0.3 is 9.84 Å². The Bertz CT molecular complexity index is 601. The number of thiophene rings is 1. The zero-order chi connectivity index (χ0) is 12.5. The number of ether oxygens (including phenoxy) is 1. The Kier molecular flexibility index (Phi) is 2.80. The summed E-state index contributed by atoms with van der Waals surface area (Å²) in [5, 5.41) is 11.0. The summed E-state index contributed by atoms with van der Waals surface area (Å²) in [6.07, 6.45) is 2.02. The molecule has 2 aromatic rings. The van der Waals surface area contributed by atoms with Crippen molar-refractivity contribution in [1.29, 1.82) is 0 Å². The second-order valence-electron chi connectivity index (χ2n) is 4.21. The number of rotatable bonds is 2. The molecular formula is C14H12O3S. The summed E-state index contributed by atoms with van der Waals surface area (Å²) < 4.78 is 5.72. The van der Waals surface area contributed by atoms with Crippen LogP contribution in [0.2, 0.25) is 0 Å². The van der Waals surface area contributed by atoms with E-state index >= 15 is 0 Å². The number of para-hydroxylation sites is 1. The van der Waals surface area contributed by atoms with E-state index in [0.29, 0.717) is 11.5 Å². The molecule has 3 nitrogen and oxygen atoms in total. The second kappa shape index (κ2) is 4.46. The van der Waals surface area contributed by atoms with E-state index in [1.165, 1.54) is 16.9 Å². The van der Waals surface area contributed by atoms with E-state index in [0.717, 1.165) is 29.7 Å². The van der Waals surface area contributed by atoms with Gasteiger partial charge in [0.1, 0.15) is 10.6 Å². The number of fused-ring (bicyclic) bond motifs is 1. The van der Waals surface area contributed by atoms with Gasteiger partial charge in [0.2, 0.25) is 0 Å². The molecule has 1 aliphatic rings. The average molecular weight is 260 g/mol. The van der Waals surface area contributed by atoms with Gasteiger partial charge in [-0.05, 0) is 29.9 Å². The van der Waals surface area contributed by atoms with Gasteiger partial charge in [0.25, 0.3) is 0 Å². The van der Waals surface area contributed by atoms with Gasteiger partial charge in [0.15, 0.2) is 0 Å². The third kappa shape index (κ3) is 1.78. The van der Waals surface area contributed by atoms with Gasteiger partial charge in [-0.25, -0.2) is 4.79 Å². The van der Waals surface area contributed by atoms with Crippen LogP contribution in [-0.2, 0) is 6.42 Å². The first kappa shape index (κ1) is 11.3. The van der Waals surface area contributed by atoms with Crippen molar-refractivity contribution in [2.24, 2.45) is 0 Å². The van der Waals surface area contributed by atoms with Crippen LogP contribution in [-0.4, -0.2) is 17.7 Å². The molecule has 1 aliphatic heterocycles. The quantitative estimate of drug-likeness (QED) is 0.899. The van der Waals surface area contributed by atoms with Gasteiger partial charge in [-0.15, -0.1) is 11.3 Å². The van der Waals surface area contributed by atoms with E-state index in [-0.39, 0.29) is 0 Å². The Morgan fingerprint density at radius 3 is 3.00 bits per heavy atom. The van der Waals surface area contributed by atoms with Crippen LogP contribution in [0, 0.1) is 0 Å². The molecule has 1 N–H and O–H groups in total. The average Bonchev–Trinajstić information content (AvgIpc) is 2.87. The molecule has 1 aromatic carbocycles.